The zero-order valence-corrected chi connectivity index (χ0v) is 16.8. The second kappa shape index (κ2) is 8.65. The van der Waals surface area contributed by atoms with Crippen LogP contribution in [0.5, 0.6) is 0 Å². The van der Waals surface area contributed by atoms with Crippen molar-refractivity contribution in [3.63, 3.8) is 0 Å². The molecule has 0 aliphatic heterocycles. The van der Waals surface area contributed by atoms with E-state index < -0.39 is 5.82 Å². The number of benzene rings is 2. The van der Waals surface area contributed by atoms with Crippen LogP contribution in [0.2, 0.25) is 5.02 Å². The lowest BCUT2D eigenvalue weighted by atomic mass is 10.0. The fourth-order valence-electron chi connectivity index (χ4n) is 3.30. The molecule has 7 heteroatoms. The van der Waals surface area contributed by atoms with Crippen molar-refractivity contribution in [2.75, 3.05) is 0 Å². The summed E-state index contributed by atoms with van der Waals surface area (Å²) in [6.45, 7) is 0.550. The highest BCUT2D eigenvalue weighted by Crippen LogP contribution is 2.25. The number of fused-ring (bicyclic) bond motifs is 1. The fraction of sp³-hybridized carbons (Fsp3) is 0.130. The average molecular weight is 423 g/mol. The molecule has 4 N–H and O–H groups in total. The predicted octanol–water partition coefficient (Wildman–Crippen LogP) is 4.33. The van der Waals surface area contributed by atoms with Gasteiger partial charge < -0.3 is 16.0 Å². The first kappa shape index (κ1) is 20.1. The summed E-state index contributed by atoms with van der Waals surface area (Å²) >= 11 is 6.10. The Morgan fingerprint density at radius 2 is 1.87 bits per heavy atom. The molecule has 1 amide bonds. The van der Waals surface area contributed by atoms with Crippen LogP contribution in [0.3, 0.4) is 0 Å². The number of pyridine rings is 1. The number of rotatable bonds is 6. The Balaban J connectivity index is 1.45. The maximum Gasteiger partial charge on any atom is 0.253 e. The highest BCUT2D eigenvalue weighted by atomic mass is 35.5. The Labute approximate surface area is 178 Å². The van der Waals surface area contributed by atoms with Crippen molar-refractivity contribution in [3.05, 3.63) is 99.7 Å². The molecule has 0 atom stereocenters. The molecule has 0 saturated heterocycles. The van der Waals surface area contributed by atoms with Gasteiger partial charge in [0.2, 0.25) is 0 Å². The molecule has 2 heterocycles. The van der Waals surface area contributed by atoms with Crippen LogP contribution in [-0.4, -0.2) is 15.9 Å². The van der Waals surface area contributed by atoms with Crippen molar-refractivity contribution >= 4 is 28.4 Å². The molecular weight excluding hydrogens is 403 g/mol. The number of carbonyl (C=O) groups is 1. The minimum Gasteiger partial charge on any atom is -0.360 e. The summed E-state index contributed by atoms with van der Waals surface area (Å²) in [6, 6.07) is 12.8. The standard InChI is InChI=1S/C23H20ClFN4O/c24-20-13-28-22-8-21(25)17(7-19(20)22)12-29-23(30)18-6-16(10-27-11-18)5-14-1-3-15(9-26)4-2-14/h1-4,6-8,10-11,13,28H,5,9,12,26H2,(H,29,30). The van der Waals surface area contributed by atoms with Crippen LogP contribution < -0.4 is 11.1 Å². The number of amides is 1. The summed E-state index contributed by atoms with van der Waals surface area (Å²) in [4.78, 5) is 19.7. The lowest BCUT2D eigenvalue weighted by Gasteiger charge is -2.09. The molecule has 4 aromatic rings. The van der Waals surface area contributed by atoms with Gasteiger partial charge in [-0.3, -0.25) is 9.78 Å². The topological polar surface area (TPSA) is 83.8 Å². The minimum absolute atomic E-state index is 0.0485. The first-order valence-electron chi connectivity index (χ1n) is 9.48. The van der Waals surface area contributed by atoms with Crippen molar-refractivity contribution in [1.82, 2.24) is 15.3 Å². The first-order valence-corrected chi connectivity index (χ1v) is 9.86. The van der Waals surface area contributed by atoms with Gasteiger partial charge in [-0.2, -0.15) is 0 Å². The summed E-state index contributed by atoms with van der Waals surface area (Å²) in [7, 11) is 0. The van der Waals surface area contributed by atoms with Gasteiger partial charge in [-0.1, -0.05) is 35.9 Å². The highest BCUT2D eigenvalue weighted by Gasteiger charge is 2.12. The van der Waals surface area contributed by atoms with Crippen LogP contribution in [0.15, 0.2) is 61.1 Å². The number of H-pyrrole nitrogens is 1. The number of halogens is 2. The normalized spacial score (nSPS) is 11.0. The van der Waals surface area contributed by atoms with Gasteiger partial charge in [0.05, 0.1) is 10.6 Å². The second-order valence-electron chi connectivity index (χ2n) is 7.09. The number of aromatic nitrogens is 2. The predicted molar refractivity (Wildman–Crippen MR) is 116 cm³/mol. The zero-order valence-electron chi connectivity index (χ0n) is 16.1. The Morgan fingerprint density at radius 3 is 2.63 bits per heavy atom. The fourth-order valence-corrected chi connectivity index (χ4v) is 3.52. The Hall–Kier alpha value is -3.22. The van der Waals surface area contributed by atoms with E-state index in [2.05, 4.69) is 15.3 Å². The number of nitrogens with one attached hydrogen (secondary N) is 2. The van der Waals surface area contributed by atoms with Crippen LogP contribution in [0.1, 0.15) is 32.6 Å². The van der Waals surface area contributed by atoms with Crippen LogP contribution in [0.4, 0.5) is 4.39 Å². The second-order valence-corrected chi connectivity index (χ2v) is 7.49. The van der Waals surface area contributed by atoms with Crippen molar-refractivity contribution in [2.24, 2.45) is 5.73 Å². The average Bonchev–Trinajstić information content (AvgIpc) is 3.12. The molecule has 5 nitrogen and oxygen atoms in total. The van der Waals surface area contributed by atoms with Crippen molar-refractivity contribution < 1.29 is 9.18 Å². The van der Waals surface area contributed by atoms with E-state index in [0.717, 1.165) is 16.7 Å². The van der Waals surface area contributed by atoms with E-state index in [1.54, 1.807) is 24.5 Å². The van der Waals surface area contributed by atoms with E-state index in [1.807, 2.05) is 24.3 Å². The quantitative estimate of drug-likeness (QED) is 0.432. The van der Waals surface area contributed by atoms with E-state index in [-0.39, 0.29) is 12.5 Å². The van der Waals surface area contributed by atoms with Gasteiger partial charge >= 0.3 is 0 Å². The zero-order chi connectivity index (χ0) is 21.1. The minimum atomic E-state index is -0.408. The largest absolute Gasteiger partial charge is 0.360 e. The molecule has 4 rings (SSSR count). The van der Waals surface area contributed by atoms with E-state index in [1.165, 1.54) is 12.3 Å². The van der Waals surface area contributed by atoms with Gasteiger partial charge in [-0.05, 0) is 41.3 Å². The molecule has 0 spiro atoms. The Kier molecular flexibility index (Phi) is 5.79. The van der Waals surface area contributed by atoms with Gasteiger partial charge in [0.15, 0.2) is 0 Å². The molecule has 2 aromatic heterocycles. The summed E-state index contributed by atoms with van der Waals surface area (Å²) in [5.41, 5.74) is 10.1. The third-order valence-electron chi connectivity index (χ3n) is 4.96. The molecule has 0 radical (unpaired) electrons. The van der Waals surface area contributed by atoms with Crippen LogP contribution in [-0.2, 0) is 19.5 Å². The molecule has 2 aromatic carbocycles. The number of nitrogens with zero attached hydrogens (tertiary/aromatic N) is 1. The van der Waals surface area contributed by atoms with Gasteiger partial charge in [-0.15, -0.1) is 0 Å². The lowest BCUT2D eigenvalue weighted by molar-refractivity contribution is 0.0950. The third kappa shape index (κ3) is 4.35. The van der Waals surface area contributed by atoms with E-state index >= 15 is 0 Å². The van der Waals surface area contributed by atoms with Gasteiger partial charge in [-0.25, -0.2) is 4.39 Å². The molecule has 0 saturated carbocycles. The number of nitrogens with two attached hydrogens (primary N) is 1. The Morgan fingerprint density at radius 1 is 1.10 bits per heavy atom. The van der Waals surface area contributed by atoms with Gasteiger partial charge in [0, 0.05) is 48.1 Å². The smallest absolute Gasteiger partial charge is 0.253 e. The summed E-state index contributed by atoms with van der Waals surface area (Å²) < 4.78 is 14.3. The molecule has 0 aliphatic rings. The summed E-state index contributed by atoms with van der Waals surface area (Å²) in [5.74, 6) is -0.725. The van der Waals surface area contributed by atoms with Gasteiger partial charge in [0.1, 0.15) is 5.82 Å². The van der Waals surface area contributed by atoms with Crippen LogP contribution in [0.25, 0.3) is 10.9 Å². The summed E-state index contributed by atoms with van der Waals surface area (Å²) in [6.07, 6.45) is 5.49. The van der Waals surface area contributed by atoms with Crippen molar-refractivity contribution in [3.8, 4) is 0 Å². The van der Waals surface area contributed by atoms with Crippen LogP contribution >= 0.6 is 11.6 Å². The lowest BCUT2D eigenvalue weighted by Crippen LogP contribution is -2.23. The van der Waals surface area contributed by atoms with E-state index in [0.29, 0.717) is 40.0 Å². The number of carbonyl (C=O) groups excluding carboxylic acids is 1. The molecule has 152 valence electrons. The first-order chi connectivity index (χ1) is 14.5. The van der Waals surface area contributed by atoms with Crippen LogP contribution in [0, 0.1) is 5.82 Å². The van der Waals surface area contributed by atoms with Gasteiger partial charge in [0.25, 0.3) is 5.91 Å². The van der Waals surface area contributed by atoms with E-state index in [4.69, 9.17) is 17.3 Å². The SMILES string of the molecule is NCc1ccc(Cc2cncc(C(=O)NCc3cc4c(Cl)c[nH]c4cc3F)c2)cc1. The van der Waals surface area contributed by atoms with E-state index in [9.17, 15) is 9.18 Å². The highest BCUT2D eigenvalue weighted by molar-refractivity contribution is 6.35. The molecule has 0 bridgehead atoms. The molecule has 0 fully saturated rings. The maximum atomic E-state index is 14.3. The molecular formula is C23H20ClFN4O. The van der Waals surface area contributed by atoms with Crippen molar-refractivity contribution in [2.45, 2.75) is 19.5 Å². The summed E-state index contributed by atoms with van der Waals surface area (Å²) in [5, 5.41) is 3.98. The monoisotopic (exact) mass is 422 g/mol. The molecule has 30 heavy (non-hydrogen) atoms. The number of hydrogen-bond donors (Lipinski definition) is 3. The third-order valence-corrected chi connectivity index (χ3v) is 5.27. The Bertz CT molecular complexity index is 1200. The molecule has 0 aliphatic carbocycles. The molecule has 0 unspecified atom stereocenters. The number of hydrogen-bond acceptors (Lipinski definition) is 3. The maximum absolute atomic E-state index is 14.3. The van der Waals surface area contributed by atoms with Crippen molar-refractivity contribution in [1.29, 1.82) is 0 Å². The number of aromatic amines is 1.